The Morgan fingerprint density at radius 1 is 1.44 bits per heavy atom. The Morgan fingerprint density at radius 2 is 2.25 bits per heavy atom. The minimum atomic E-state index is 0.218. The summed E-state index contributed by atoms with van der Waals surface area (Å²) in [6.07, 6.45) is 2.78. The first-order valence-corrected chi connectivity index (χ1v) is 5.79. The maximum atomic E-state index is 5.84. The number of rotatable bonds is 3. The number of hydrogen-bond acceptors (Lipinski definition) is 3. The molecule has 2 atom stereocenters. The summed E-state index contributed by atoms with van der Waals surface area (Å²) < 4.78 is 11.4. The highest BCUT2D eigenvalue weighted by molar-refractivity contribution is 5.53. The highest BCUT2D eigenvalue weighted by atomic mass is 16.5. The number of hydrogen-bond donors (Lipinski definition) is 1. The second-order valence-corrected chi connectivity index (χ2v) is 4.50. The molecule has 0 bridgehead atoms. The predicted molar refractivity (Wildman–Crippen MR) is 64.7 cm³/mol. The van der Waals surface area contributed by atoms with Gasteiger partial charge in [0, 0.05) is 0 Å². The van der Waals surface area contributed by atoms with Crippen LogP contribution in [0.2, 0.25) is 0 Å². The number of nitrogen functional groups attached to an aromatic ring is 1. The van der Waals surface area contributed by atoms with Crippen molar-refractivity contribution in [1.29, 1.82) is 0 Å². The van der Waals surface area contributed by atoms with Gasteiger partial charge in [0.05, 0.1) is 17.9 Å². The summed E-state index contributed by atoms with van der Waals surface area (Å²) in [6, 6.07) is 5.83. The molecule has 2 unspecified atom stereocenters. The fourth-order valence-electron chi connectivity index (χ4n) is 1.96. The van der Waals surface area contributed by atoms with Gasteiger partial charge in [0.25, 0.3) is 0 Å². The maximum absolute atomic E-state index is 5.84. The van der Waals surface area contributed by atoms with Crippen LogP contribution in [-0.4, -0.2) is 18.8 Å². The third-order valence-electron chi connectivity index (χ3n) is 2.91. The molecule has 3 heteroatoms. The third-order valence-corrected chi connectivity index (χ3v) is 2.91. The Bertz CT molecular complexity index is 365. The first-order chi connectivity index (χ1) is 7.65. The Hall–Kier alpha value is -1.22. The molecule has 0 saturated carbocycles. The van der Waals surface area contributed by atoms with Gasteiger partial charge in [-0.3, -0.25) is 0 Å². The van der Waals surface area contributed by atoms with Crippen molar-refractivity contribution >= 4 is 5.69 Å². The van der Waals surface area contributed by atoms with Crippen LogP contribution < -0.4 is 10.5 Å². The zero-order chi connectivity index (χ0) is 11.5. The van der Waals surface area contributed by atoms with Crippen molar-refractivity contribution in [1.82, 2.24) is 0 Å². The van der Waals surface area contributed by atoms with Crippen molar-refractivity contribution in [3.05, 3.63) is 23.8 Å². The third kappa shape index (κ3) is 2.67. The molecular weight excluding hydrogens is 202 g/mol. The number of anilines is 1. The van der Waals surface area contributed by atoms with E-state index in [-0.39, 0.29) is 6.10 Å². The summed E-state index contributed by atoms with van der Waals surface area (Å²) >= 11 is 0. The molecule has 2 rings (SSSR count). The van der Waals surface area contributed by atoms with Crippen molar-refractivity contribution in [2.45, 2.75) is 38.9 Å². The van der Waals surface area contributed by atoms with Crippen LogP contribution in [0.15, 0.2) is 18.2 Å². The van der Waals surface area contributed by atoms with E-state index >= 15 is 0 Å². The van der Waals surface area contributed by atoms with Crippen molar-refractivity contribution in [3.63, 3.8) is 0 Å². The molecule has 0 spiro atoms. The average molecular weight is 221 g/mol. The Labute approximate surface area is 96.5 Å². The van der Waals surface area contributed by atoms with Gasteiger partial charge in [0.15, 0.2) is 0 Å². The lowest BCUT2D eigenvalue weighted by molar-refractivity contribution is 0.0266. The zero-order valence-electron chi connectivity index (χ0n) is 9.90. The quantitative estimate of drug-likeness (QED) is 0.798. The summed E-state index contributed by atoms with van der Waals surface area (Å²) in [7, 11) is 0. The molecule has 16 heavy (non-hydrogen) atoms. The monoisotopic (exact) mass is 221 g/mol. The summed E-state index contributed by atoms with van der Waals surface area (Å²) in [6.45, 7) is 4.72. The number of benzene rings is 1. The Morgan fingerprint density at radius 3 is 2.94 bits per heavy atom. The van der Waals surface area contributed by atoms with Crippen LogP contribution in [0.4, 0.5) is 5.69 Å². The molecule has 1 aromatic rings. The van der Waals surface area contributed by atoms with Crippen molar-refractivity contribution in [3.8, 4) is 5.75 Å². The highest BCUT2D eigenvalue weighted by Gasteiger charge is 2.22. The Kier molecular flexibility index (Phi) is 3.34. The standard InChI is InChI=1S/C13H19NO2/c1-9-3-6-12(14)13(7-9)15-8-11-5-4-10(2)16-11/h3,6-7,10-11H,4-5,8,14H2,1-2H3. The molecule has 0 aromatic heterocycles. The van der Waals surface area contributed by atoms with E-state index in [1.807, 2.05) is 25.1 Å². The number of nitrogens with two attached hydrogens (primary N) is 1. The SMILES string of the molecule is Cc1ccc(N)c(OCC2CCC(C)O2)c1. The predicted octanol–water partition coefficient (Wildman–Crippen LogP) is 2.52. The average Bonchev–Trinajstić information content (AvgIpc) is 2.66. The molecule has 3 nitrogen and oxygen atoms in total. The first kappa shape index (κ1) is 11.3. The van der Waals surface area contributed by atoms with Crippen molar-refractivity contribution < 1.29 is 9.47 Å². The van der Waals surface area contributed by atoms with Crippen LogP contribution >= 0.6 is 0 Å². The van der Waals surface area contributed by atoms with Crippen LogP contribution in [-0.2, 0) is 4.74 Å². The summed E-state index contributed by atoms with van der Waals surface area (Å²) in [5.41, 5.74) is 7.68. The van der Waals surface area contributed by atoms with Crippen molar-refractivity contribution in [2.24, 2.45) is 0 Å². The van der Waals surface area contributed by atoms with Crippen LogP contribution in [0, 0.1) is 6.92 Å². The molecule has 0 radical (unpaired) electrons. The maximum Gasteiger partial charge on any atom is 0.142 e. The van der Waals surface area contributed by atoms with E-state index in [1.165, 1.54) is 0 Å². The van der Waals surface area contributed by atoms with E-state index < -0.39 is 0 Å². The van der Waals surface area contributed by atoms with Crippen molar-refractivity contribution in [2.75, 3.05) is 12.3 Å². The van der Waals surface area contributed by atoms with Gasteiger partial charge in [0.2, 0.25) is 0 Å². The van der Waals surface area contributed by atoms with E-state index in [2.05, 4.69) is 6.92 Å². The molecular formula is C13H19NO2. The van der Waals surface area contributed by atoms with Crippen LogP contribution in [0.5, 0.6) is 5.75 Å². The van der Waals surface area contributed by atoms with E-state index in [4.69, 9.17) is 15.2 Å². The lowest BCUT2D eigenvalue weighted by atomic mass is 10.2. The fourth-order valence-corrected chi connectivity index (χ4v) is 1.96. The molecule has 2 N–H and O–H groups in total. The molecule has 1 heterocycles. The first-order valence-electron chi connectivity index (χ1n) is 5.79. The normalized spacial score (nSPS) is 24.6. The lowest BCUT2D eigenvalue weighted by Crippen LogP contribution is -2.18. The molecule has 1 aromatic carbocycles. The van der Waals surface area contributed by atoms with Gasteiger partial charge in [-0.1, -0.05) is 6.07 Å². The van der Waals surface area contributed by atoms with Gasteiger partial charge in [-0.15, -0.1) is 0 Å². The topological polar surface area (TPSA) is 44.5 Å². The van der Waals surface area contributed by atoms with Gasteiger partial charge in [-0.25, -0.2) is 0 Å². The highest BCUT2D eigenvalue weighted by Crippen LogP contribution is 2.25. The number of aryl methyl sites for hydroxylation is 1. The lowest BCUT2D eigenvalue weighted by Gasteiger charge is -2.14. The van der Waals surface area contributed by atoms with E-state index in [1.54, 1.807) is 0 Å². The molecule has 1 aliphatic heterocycles. The smallest absolute Gasteiger partial charge is 0.142 e. The molecule has 88 valence electrons. The minimum absolute atomic E-state index is 0.218. The van der Waals surface area contributed by atoms with E-state index in [9.17, 15) is 0 Å². The van der Waals surface area contributed by atoms with Gasteiger partial charge < -0.3 is 15.2 Å². The van der Waals surface area contributed by atoms with Gasteiger partial charge in [-0.05, 0) is 44.4 Å². The summed E-state index contributed by atoms with van der Waals surface area (Å²) in [5, 5.41) is 0. The van der Waals surface area contributed by atoms with E-state index in [0.717, 1.165) is 24.2 Å². The second-order valence-electron chi connectivity index (χ2n) is 4.50. The molecule has 1 fully saturated rings. The summed E-state index contributed by atoms with van der Waals surface area (Å²) in [4.78, 5) is 0. The van der Waals surface area contributed by atoms with Gasteiger partial charge in [0.1, 0.15) is 12.4 Å². The molecule has 1 aliphatic rings. The zero-order valence-corrected chi connectivity index (χ0v) is 9.90. The van der Waals surface area contributed by atoms with Crippen LogP contribution in [0.1, 0.15) is 25.3 Å². The second kappa shape index (κ2) is 4.74. The Balaban J connectivity index is 1.91. The van der Waals surface area contributed by atoms with E-state index in [0.29, 0.717) is 18.4 Å². The van der Waals surface area contributed by atoms with Crippen LogP contribution in [0.25, 0.3) is 0 Å². The molecule has 1 saturated heterocycles. The number of ether oxygens (including phenoxy) is 2. The van der Waals surface area contributed by atoms with Gasteiger partial charge >= 0.3 is 0 Å². The largest absolute Gasteiger partial charge is 0.489 e. The minimum Gasteiger partial charge on any atom is -0.489 e. The fraction of sp³-hybridized carbons (Fsp3) is 0.538. The molecule has 0 amide bonds. The van der Waals surface area contributed by atoms with Gasteiger partial charge in [-0.2, -0.15) is 0 Å². The summed E-state index contributed by atoms with van der Waals surface area (Å²) in [5.74, 6) is 0.767. The molecule has 0 aliphatic carbocycles. The van der Waals surface area contributed by atoms with Crippen LogP contribution in [0.3, 0.4) is 0 Å².